The summed E-state index contributed by atoms with van der Waals surface area (Å²) in [7, 11) is 3.99. The molecular formula is C7H12N2. The van der Waals surface area contributed by atoms with Crippen molar-refractivity contribution in [2.45, 2.75) is 0 Å². The minimum Gasteiger partial charge on any atom is -0.375 e. The normalized spacial score (nSPS) is 17.6. The quantitative estimate of drug-likeness (QED) is 0.549. The van der Waals surface area contributed by atoms with E-state index in [4.69, 9.17) is 0 Å². The summed E-state index contributed by atoms with van der Waals surface area (Å²) in [5, 5.41) is 3.09. The van der Waals surface area contributed by atoms with Gasteiger partial charge in [-0.25, -0.2) is 0 Å². The Balaban J connectivity index is 2.63. The Morgan fingerprint density at radius 2 is 2.44 bits per heavy atom. The van der Waals surface area contributed by atoms with Gasteiger partial charge in [-0.3, -0.25) is 0 Å². The number of likely N-dealkylation sites (N-methyl/N-ethyl adjacent to an activating group) is 1. The van der Waals surface area contributed by atoms with Gasteiger partial charge < -0.3 is 10.2 Å². The zero-order valence-corrected chi connectivity index (χ0v) is 5.89. The molecule has 2 nitrogen and oxygen atoms in total. The first-order valence-corrected chi connectivity index (χ1v) is 3.10. The summed E-state index contributed by atoms with van der Waals surface area (Å²) < 4.78 is 0. The highest BCUT2D eigenvalue weighted by Crippen LogP contribution is 2.01. The average Bonchev–Trinajstić information content (AvgIpc) is 1.89. The molecule has 0 fully saturated rings. The lowest BCUT2D eigenvalue weighted by Crippen LogP contribution is -2.27. The van der Waals surface area contributed by atoms with Crippen molar-refractivity contribution >= 4 is 0 Å². The summed E-state index contributed by atoms with van der Waals surface area (Å²) in [4.78, 5) is 2.15. The Hall–Kier alpha value is -0.920. The highest BCUT2D eigenvalue weighted by atomic mass is 15.2. The maximum atomic E-state index is 3.09. The lowest BCUT2D eigenvalue weighted by molar-refractivity contribution is 0.429. The Kier molecular flexibility index (Phi) is 1.78. The zero-order chi connectivity index (χ0) is 6.69. The van der Waals surface area contributed by atoms with E-state index in [1.54, 1.807) is 0 Å². The molecule has 0 aromatic rings. The van der Waals surface area contributed by atoms with E-state index in [0.717, 1.165) is 6.54 Å². The van der Waals surface area contributed by atoms with E-state index >= 15 is 0 Å². The number of nitrogens with zero attached hydrogens (tertiary/aromatic N) is 1. The van der Waals surface area contributed by atoms with Crippen molar-refractivity contribution in [1.29, 1.82) is 0 Å². The molecule has 1 aliphatic rings. The van der Waals surface area contributed by atoms with Crippen molar-refractivity contribution in [2.24, 2.45) is 0 Å². The molecule has 0 spiro atoms. The number of hydrogen-bond acceptors (Lipinski definition) is 2. The second-order valence-corrected chi connectivity index (χ2v) is 2.11. The van der Waals surface area contributed by atoms with Gasteiger partial charge in [0.1, 0.15) is 5.82 Å². The highest BCUT2D eigenvalue weighted by Gasteiger charge is 2.00. The van der Waals surface area contributed by atoms with Gasteiger partial charge in [0.15, 0.2) is 0 Å². The Bertz CT molecular complexity index is 147. The van der Waals surface area contributed by atoms with Crippen LogP contribution in [0.15, 0.2) is 24.0 Å². The van der Waals surface area contributed by atoms with E-state index in [2.05, 4.69) is 35.5 Å². The van der Waals surface area contributed by atoms with Gasteiger partial charge in [-0.05, 0) is 6.08 Å². The van der Waals surface area contributed by atoms with Crippen molar-refractivity contribution in [3.05, 3.63) is 24.0 Å². The van der Waals surface area contributed by atoms with Crippen molar-refractivity contribution in [2.75, 3.05) is 20.6 Å². The first-order valence-electron chi connectivity index (χ1n) is 3.10. The monoisotopic (exact) mass is 124 g/mol. The third kappa shape index (κ3) is 1.25. The van der Waals surface area contributed by atoms with E-state index in [9.17, 15) is 0 Å². The first-order chi connectivity index (χ1) is 4.34. The maximum absolute atomic E-state index is 3.09. The smallest absolute Gasteiger partial charge is 0.101 e. The molecule has 2 heteroatoms. The maximum Gasteiger partial charge on any atom is 0.101 e. The van der Waals surface area contributed by atoms with Gasteiger partial charge in [-0.15, -0.1) is 0 Å². The summed E-state index contributed by atoms with van der Waals surface area (Å²) in [5.41, 5.74) is 0. The van der Waals surface area contributed by atoms with Gasteiger partial charge in [-0.1, -0.05) is 12.2 Å². The number of nitrogens with one attached hydrogen (secondary N) is 1. The van der Waals surface area contributed by atoms with Crippen LogP contribution in [-0.2, 0) is 0 Å². The summed E-state index contributed by atoms with van der Waals surface area (Å²) in [6, 6.07) is 0. The molecule has 0 aliphatic carbocycles. The van der Waals surface area contributed by atoms with Crippen molar-refractivity contribution < 1.29 is 0 Å². The molecule has 0 bridgehead atoms. The fraction of sp³-hybridized carbons (Fsp3) is 0.429. The second-order valence-electron chi connectivity index (χ2n) is 2.11. The average molecular weight is 124 g/mol. The van der Waals surface area contributed by atoms with Gasteiger partial charge in [0.2, 0.25) is 0 Å². The van der Waals surface area contributed by atoms with Crippen LogP contribution in [0.4, 0.5) is 0 Å². The van der Waals surface area contributed by atoms with Crippen LogP contribution >= 0.6 is 0 Å². The minimum absolute atomic E-state index is 1.01. The van der Waals surface area contributed by atoms with Crippen LogP contribution in [0.1, 0.15) is 0 Å². The third-order valence-electron chi connectivity index (χ3n) is 1.44. The Morgan fingerprint density at radius 1 is 1.67 bits per heavy atom. The molecular weight excluding hydrogens is 112 g/mol. The van der Waals surface area contributed by atoms with E-state index < -0.39 is 0 Å². The van der Waals surface area contributed by atoms with E-state index in [0.29, 0.717) is 0 Å². The number of allylic oxidation sites excluding steroid dienone is 2. The fourth-order valence-electron chi connectivity index (χ4n) is 0.878. The summed E-state index contributed by atoms with van der Waals surface area (Å²) in [6.45, 7) is 1.01. The van der Waals surface area contributed by atoms with Crippen LogP contribution in [0.25, 0.3) is 0 Å². The predicted octanol–water partition coefficient (Wildman–Crippen LogP) is 0.549. The van der Waals surface area contributed by atoms with Crippen molar-refractivity contribution in [3.8, 4) is 0 Å². The summed E-state index contributed by atoms with van der Waals surface area (Å²) in [5.74, 6) is 1.18. The van der Waals surface area contributed by atoms with E-state index in [-0.39, 0.29) is 0 Å². The predicted molar refractivity (Wildman–Crippen MR) is 38.9 cm³/mol. The molecule has 1 heterocycles. The van der Waals surface area contributed by atoms with Crippen LogP contribution in [0.2, 0.25) is 0 Å². The molecule has 1 N–H and O–H groups in total. The molecule has 0 saturated heterocycles. The zero-order valence-electron chi connectivity index (χ0n) is 5.89. The van der Waals surface area contributed by atoms with E-state index in [1.807, 2.05) is 7.05 Å². The standard InChI is InChI=1S/C7H12N2/c1-8-7-5-3-4-6-9(7)2/h3-5,8H,6H2,1-2H3. The molecule has 50 valence electrons. The van der Waals surface area contributed by atoms with Crippen molar-refractivity contribution in [3.63, 3.8) is 0 Å². The topological polar surface area (TPSA) is 15.3 Å². The van der Waals surface area contributed by atoms with E-state index in [1.165, 1.54) is 5.82 Å². The van der Waals surface area contributed by atoms with Gasteiger partial charge in [0.05, 0.1) is 0 Å². The van der Waals surface area contributed by atoms with Crippen LogP contribution in [0.3, 0.4) is 0 Å². The van der Waals surface area contributed by atoms with Crippen LogP contribution in [-0.4, -0.2) is 25.5 Å². The Morgan fingerprint density at radius 3 is 2.89 bits per heavy atom. The molecule has 0 aromatic carbocycles. The SMILES string of the molecule is CNC1=CC=CCN1C. The summed E-state index contributed by atoms with van der Waals surface area (Å²) >= 11 is 0. The van der Waals surface area contributed by atoms with Gasteiger partial charge in [-0.2, -0.15) is 0 Å². The van der Waals surface area contributed by atoms with Crippen LogP contribution in [0, 0.1) is 0 Å². The third-order valence-corrected chi connectivity index (χ3v) is 1.44. The second kappa shape index (κ2) is 2.58. The molecule has 0 unspecified atom stereocenters. The molecule has 1 aliphatic heterocycles. The lowest BCUT2D eigenvalue weighted by Gasteiger charge is -2.22. The van der Waals surface area contributed by atoms with Gasteiger partial charge in [0.25, 0.3) is 0 Å². The molecule has 0 saturated carbocycles. The lowest BCUT2D eigenvalue weighted by atomic mass is 10.3. The van der Waals surface area contributed by atoms with Crippen molar-refractivity contribution in [1.82, 2.24) is 10.2 Å². The largest absolute Gasteiger partial charge is 0.375 e. The van der Waals surface area contributed by atoms with Crippen LogP contribution in [0.5, 0.6) is 0 Å². The van der Waals surface area contributed by atoms with Gasteiger partial charge in [0, 0.05) is 20.6 Å². The van der Waals surface area contributed by atoms with Crippen LogP contribution < -0.4 is 5.32 Å². The van der Waals surface area contributed by atoms with Gasteiger partial charge >= 0.3 is 0 Å². The number of rotatable bonds is 1. The molecule has 1 rings (SSSR count). The molecule has 0 aromatic heterocycles. The summed E-state index contributed by atoms with van der Waals surface area (Å²) in [6.07, 6.45) is 6.25. The molecule has 0 amide bonds. The molecule has 0 radical (unpaired) electrons. The highest BCUT2D eigenvalue weighted by molar-refractivity contribution is 5.15. The molecule has 0 atom stereocenters. The fourth-order valence-corrected chi connectivity index (χ4v) is 0.878. The Labute approximate surface area is 55.9 Å². The first kappa shape index (κ1) is 6.20. The molecule has 9 heavy (non-hydrogen) atoms. The number of hydrogen-bond donors (Lipinski definition) is 1. The minimum atomic E-state index is 1.01.